The summed E-state index contributed by atoms with van der Waals surface area (Å²) in [6.45, 7) is 11.3. The van der Waals surface area contributed by atoms with Crippen molar-refractivity contribution in [1.29, 1.82) is 0 Å². The third-order valence-electron chi connectivity index (χ3n) is 8.40. The monoisotopic (exact) mass is 434 g/mol. The fourth-order valence-corrected chi connectivity index (χ4v) is 10.1. The van der Waals surface area contributed by atoms with Crippen molar-refractivity contribution in [3.05, 3.63) is 60.7 Å². The first-order valence-corrected chi connectivity index (χ1v) is 14.8. The van der Waals surface area contributed by atoms with Gasteiger partial charge in [0.05, 0.1) is 11.2 Å². The maximum atomic E-state index is 6.77. The summed E-state index contributed by atoms with van der Waals surface area (Å²) in [6, 6.07) is 22.4. The number of rotatable bonds is 6. The van der Waals surface area contributed by atoms with E-state index < -0.39 is 8.07 Å². The van der Waals surface area contributed by atoms with Gasteiger partial charge in [-0.05, 0) is 39.1 Å². The maximum absolute atomic E-state index is 6.77. The summed E-state index contributed by atoms with van der Waals surface area (Å²) >= 11 is 0. The van der Waals surface area contributed by atoms with Crippen LogP contribution in [0.25, 0.3) is 0 Å². The van der Waals surface area contributed by atoms with E-state index in [9.17, 15) is 0 Å². The third-order valence-corrected chi connectivity index (χ3v) is 13.5. The van der Waals surface area contributed by atoms with Crippen molar-refractivity contribution in [2.75, 3.05) is 0 Å². The molecule has 0 aromatic heterocycles. The Morgan fingerprint density at radius 2 is 1.26 bits per heavy atom. The topological polar surface area (TPSA) is 18.5 Å². The van der Waals surface area contributed by atoms with Gasteiger partial charge in [-0.15, -0.1) is 0 Å². The van der Waals surface area contributed by atoms with Crippen LogP contribution >= 0.6 is 0 Å². The fraction of sp³-hybridized carbons (Fsp3) is 0.556. The van der Waals surface area contributed by atoms with Crippen LogP contribution in [0.1, 0.15) is 66.2 Å². The molecule has 1 aliphatic carbocycles. The lowest BCUT2D eigenvalue weighted by molar-refractivity contribution is 0.00578. The highest BCUT2D eigenvalue weighted by Gasteiger charge is 2.58. The lowest BCUT2D eigenvalue weighted by atomic mass is 9.75. The molecular weight excluding hydrogens is 395 g/mol. The minimum atomic E-state index is -2.16. The van der Waals surface area contributed by atoms with Crippen LogP contribution in [0.4, 0.5) is 0 Å². The lowest BCUT2D eigenvalue weighted by Crippen LogP contribution is -2.63. The maximum Gasteiger partial charge on any atom is 0.458 e. The minimum absolute atomic E-state index is 0.163. The molecule has 4 heteroatoms. The van der Waals surface area contributed by atoms with Crippen molar-refractivity contribution in [3.8, 4) is 0 Å². The van der Waals surface area contributed by atoms with Crippen molar-refractivity contribution in [2.45, 2.75) is 89.4 Å². The van der Waals surface area contributed by atoms with Crippen molar-refractivity contribution in [2.24, 2.45) is 5.92 Å². The Morgan fingerprint density at radius 3 is 1.71 bits per heavy atom. The molecule has 0 amide bonds. The van der Waals surface area contributed by atoms with Crippen LogP contribution in [0.15, 0.2) is 60.7 Å². The number of hydrogen-bond donors (Lipinski definition) is 0. The summed E-state index contributed by atoms with van der Waals surface area (Å²) in [6.07, 6.45) is 8.03. The Hall–Kier alpha value is -1.36. The van der Waals surface area contributed by atoms with Gasteiger partial charge in [0, 0.05) is 0 Å². The molecule has 2 aromatic carbocycles. The summed E-state index contributed by atoms with van der Waals surface area (Å²) < 4.78 is 13.5. The van der Waals surface area contributed by atoms with Crippen LogP contribution in [0.5, 0.6) is 0 Å². The second-order valence-electron chi connectivity index (χ2n) is 10.9. The van der Waals surface area contributed by atoms with Crippen molar-refractivity contribution in [1.82, 2.24) is 0 Å². The zero-order chi connectivity index (χ0) is 22.1. The molecule has 4 rings (SSSR count). The van der Waals surface area contributed by atoms with E-state index in [1.165, 1.54) is 48.9 Å². The van der Waals surface area contributed by atoms with E-state index in [0.29, 0.717) is 5.44 Å². The molecule has 2 aliphatic rings. The van der Waals surface area contributed by atoms with Gasteiger partial charge in [-0.2, -0.15) is 0 Å². The van der Waals surface area contributed by atoms with Crippen molar-refractivity contribution in [3.63, 3.8) is 0 Å². The molecule has 2 fully saturated rings. The van der Waals surface area contributed by atoms with E-state index in [4.69, 9.17) is 9.31 Å². The zero-order valence-corrected chi connectivity index (χ0v) is 21.1. The normalized spacial score (nSPS) is 22.4. The first kappa shape index (κ1) is 22.8. The van der Waals surface area contributed by atoms with Gasteiger partial charge in [0.1, 0.15) is 8.07 Å². The predicted octanol–water partition coefficient (Wildman–Crippen LogP) is 5.85. The molecule has 1 heterocycles. The molecule has 166 valence electrons. The van der Waals surface area contributed by atoms with Gasteiger partial charge in [0.25, 0.3) is 0 Å². The SMILES string of the molecule is CC1(C)OB(C(CC2CCCCC2)[Si](C)(c2ccccc2)c2ccccc2)OC1(C)C. The summed E-state index contributed by atoms with van der Waals surface area (Å²) in [5.41, 5.74) is -0.225. The van der Waals surface area contributed by atoms with Crippen molar-refractivity contribution >= 4 is 25.6 Å². The molecule has 1 atom stereocenters. The van der Waals surface area contributed by atoms with Crippen LogP contribution in [0, 0.1) is 5.92 Å². The number of benzene rings is 2. The molecule has 31 heavy (non-hydrogen) atoms. The van der Waals surface area contributed by atoms with Gasteiger partial charge in [-0.1, -0.05) is 116 Å². The summed E-state index contributed by atoms with van der Waals surface area (Å²) in [5, 5.41) is 2.97. The van der Waals surface area contributed by atoms with E-state index in [2.05, 4.69) is 94.9 Å². The molecule has 1 saturated heterocycles. The lowest BCUT2D eigenvalue weighted by Gasteiger charge is -2.40. The summed E-state index contributed by atoms with van der Waals surface area (Å²) in [5.74, 6) is 0.775. The standard InChI is InChI=1S/C27H39BO2Si/c1-26(2)27(3,4)30-28(29-26)25(21-22-15-9-6-10-16-22)31(5,23-17-11-7-12-18-23)24-19-13-8-14-20-24/h7-8,11-14,17-20,22,25H,6,9-10,15-16,21H2,1-5H3. The highest BCUT2D eigenvalue weighted by Crippen LogP contribution is 2.45. The van der Waals surface area contributed by atoms with Crippen molar-refractivity contribution < 1.29 is 9.31 Å². The molecule has 2 nitrogen and oxygen atoms in total. The Balaban J connectivity index is 1.80. The summed E-state index contributed by atoms with van der Waals surface area (Å²) in [7, 11) is -2.32. The highest BCUT2D eigenvalue weighted by atomic mass is 28.3. The van der Waals surface area contributed by atoms with Gasteiger partial charge in [0.15, 0.2) is 0 Å². The van der Waals surface area contributed by atoms with Gasteiger partial charge in [-0.25, -0.2) is 0 Å². The van der Waals surface area contributed by atoms with Crippen LogP contribution in [0.2, 0.25) is 12.0 Å². The Morgan fingerprint density at radius 1 is 0.806 bits per heavy atom. The zero-order valence-electron chi connectivity index (χ0n) is 20.1. The Labute approximate surface area is 190 Å². The average Bonchev–Trinajstić information content (AvgIpc) is 3.00. The minimum Gasteiger partial charge on any atom is -0.403 e. The first-order valence-electron chi connectivity index (χ1n) is 12.2. The van der Waals surface area contributed by atoms with Crippen LogP contribution in [0.3, 0.4) is 0 Å². The largest absolute Gasteiger partial charge is 0.458 e. The van der Waals surface area contributed by atoms with E-state index in [1.54, 1.807) is 0 Å². The Bertz CT molecular complexity index is 791. The number of hydrogen-bond acceptors (Lipinski definition) is 2. The van der Waals surface area contributed by atoms with Gasteiger partial charge < -0.3 is 9.31 Å². The average molecular weight is 435 g/mol. The third kappa shape index (κ3) is 4.44. The Kier molecular flexibility index (Phi) is 6.54. The van der Waals surface area contributed by atoms with Crippen LogP contribution in [-0.4, -0.2) is 26.4 Å². The molecule has 1 saturated carbocycles. The van der Waals surface area contributed by atoms with Crippen LogP contribution < -0.4 is 10.4 Å². The van der Waals surface area contributed by atoms with Gasteiger partial charge >= 0.3 is 7.12 Å². The van der Waals surface area contributed by atoms with E-state index >= 15 is 0 Å². The quantitative estimate of drug-likeness (QED) is 0.531. The molecular formula is C27H39BO2Si. The molecule has 1 aliphatic heterocycles. The molecule has 2 aromatic rings. The smallest absolute Gasteiger partial charge is 0.403 e. The van der Waals surface area contributed by atoms with E-state index in [0.717, 1.165) is 5.92 Å². The second-order valence-corrected chi connectivity index (χ2v) is 15.2. The van der Waals surface area contributed by atoms with E-state index in [1.807, 2.05) is 0 Å². The predicted molar refractivity (Wildman–Crippen MR) is 135 cm³/mol. The fourth-order valence-electron chi connectivity index (χ4n) is 5.62. The van der Waals surface area contributed by atoms with Gasteiger partial charge in [-0.3, -0.25) is 0 Å². The van der Waals surface area contributed by atoms with Crippen LogP contribution in [-0.2, 0) is 9.31 Å². The molecule has 0 spiro atoms. The molecule has 0 bridgehead atoms. The second kappa shape index (κ2) is 8.88. The summed E-state index contributed by atoms with van der Waals surface area (Å²) in [4.78, 5) is 0. The van der Waals surface area contributed by atoms with E-state index in [-0.39, 0.29) is 18.3 Å². The first-order chi connectivity index (χ1) is 14.7. The van der Waals surface area contributed by atoms with Gasteiger partial charge in [0.2, 0.25) is 0 Å². The molecule has 1 unspecified atom stereocenters. The molecule has 0 radical (unpaired) electrons. The molecule has 0 N–H and O–H groups in total. The highest BCUT2D eigenvalue weighted by molar-refractivity contribution is 7.07.